The molecular formula is C21H26N4O4S. The van der Waals surface area contributed by atoms with Crippen LogP contribution in [0.1, 0.15) is 48.2 Å². The molecular weight excluding hydrogens is 404 g/mol. The van der Waals surface area contributed by atoms with Gasteiger partial charge in [-0.05, 0) is 37.5 Å². The molecule has 1 aliphatic rings. The van der Waals surface area contributed by atoms with E-state index in [0.29, 0.717) is 36.7 Å². The van der Waals surface area contributed by atoms with Crippen molar-refractivity contribution in [2.75, 3.05) is 13.7 Å². The van der Waals surface area contributed by atoms with Crippen LogP contribution in [-0.4, -0.2) is 41.1 Å². The maximum absolute atomic E-state index is 13.4. The highest BCUT2D eigenvalue weighted by Gasteiger charge is 2.38. The van der Waals surface area contributed by atoms with Crippen molar-refractivity contribution < 1.29 is 17.6 Å². The molecule has 1 fully saturated rings. The average Bonchev–Trinajstić information content (AvgIpc) is 3.34. The van der Waals surface area contributed by atoms with E-state index in [-0.39, 0.29) is 4.90 Å². The van der Waals surface area contributed by atoms with E-state index in [1.807, 2.05) is 24.3 Å². The van der Waals surface area contributed by atoms with E-state index < -0.39 is 16.1 Å². The molecule has 2 aromatic heterocycles. The minimum Gasteiger partial charge on any atom is -0.497 e. The lowest BCUT2D eigenvalue weighted by molar-refractivity contribution is 0.216. The quantitative estimate of drug-likeness (QED) is 0.596. The molecule has 1 saturated heterocycles. The minimum atomic E-state index is -3.69. The highest BCUT2D eigenvalue weighted by molar-refractivity contribution is 7.89. The summed E-state index contributed by atoms with van der Waals surface area (Å²) in [6.07, 6.45) is 6.22. The molecule has 0 radical (unpaired) electrons. The number of nitrogens with zero attached hydrogens (tertiary/aromatic N) is 4. The molecule has 4 rings (SSSR count). The van der Waals surface area contributed by atoms with Crippen molar-refractivity contribution in [2.45, 2.75) is 43.5 Å². The number of ether oxygens (including phenoxy) is 1. The van der Waals surface area contributed by atoms with Crippen LogP contribution in [0.15, 0.2) is 46.0 Å². The predicted molar refractivity (Wildman–Crippen MR) is 111 cm³/mol. The number of piperidine rings is 1. The van der Waals surface area contributed by atoms with Crippen LogP contribution in [0.4, 0.5) is 0 Å². The van der Waals surface area contributed by atoms with E-state index in [4.69, 9.17) is 9.15 Å². The summed E-state index contributed by atoms with van der Waals surface area (Å²) in [5.41, 5.74) is 1.53. The van der Waals surface area contributed by atoms with Crippen LogP contribution in [-0.2, 0) is 23.5 Å². The summed E-state index contributed by atoms with van der Waals surface area (Å²) >= 11 is 0. The lowest BCUT2D eigenvalue weighted by Crippen LogP contribution is -2.38. The van der Waals surface area contributed by atoms with E-state index in [2.05, 4.69) is 10.1 Å². The second-order valence-corrected chi connectivity index (χ2v) is 9.43. The predicted octanol–water partition coefficient (Wildman–Crippen LogP) is 3.23. The summed E-state index contributed by atoms with van der Waals surface area (Å²) in [4.78, 5) is 4.67. The van der Waals surface area contributed by atoms with Gasteiger partial charge >= 0.3 is 0 Å². The number of oxazole rings is 1. The van der Waals surface area contributed by atoms with Crippen LogP contribution in [0.2, 0.25) is 0 Å². The SMILES string of the molecule is COc1cccc(Cc2cnc([C@H]3CCCCN3S(=O)(=O)c3cn(C)nc3C)o2)c1. The second-order valence-electron chi connectivity index (χ2n) is 7.57. The fourth-order valence-electron chi connectivity index (χ4n) is 3.94. The zero-order chi connectivity index (χ0) is 21.3. The molecule has 0 saturated carbocycles. The maximum atomic E-state index is 13.4. The van der Waals surface area contributed by atoms with Gasteiger partial charge in [-0.3, -0.25) is 4.68 Å². The first kappa shape index (κ1) is 20.6. The zero-order valence-electron chi connectivity index (χ0n) is 17.4. The lowest BCUT2D eigenvalue weighted by atomic mass is 10.1. The van der Waals surface area contributed by atoms with Crippen molar-refractivity contribution in [1.29, 1.82) is 0 Å². The number of methoxy groups -OCH3 is 1. The molecule has 1 aliphatic heterocycles. The van der Waals surface area contributed by atoms with Gasteiger partial charge in [-0.25, -0.2) is 13.4 Å². The Balaban J connectivity index is 1.60. The second kappa shape index (κ2) is 8.23. The molecule has 0 spiro atoms. The maximum Gasteiger partial charge on any atom is 0.247 e. The van der Waals surface area contributed by atoms with Crippen LogP contribution >= 0.6 is 0 Å². The first-order valence-corrected chi connectivity index (χ1v) is 11.4. The Morgan fingerprint density at radius 2 is 2.13 bits per heavy atom. The molecule has 1 aromatic carbocycles. The van der Waals surface area contributed by atoms with Gasteiger partial charge in [-0.15, -0.1) is 0 Å². The van der Waals surface area contributed by atoms with Crippen LogP contribution in [0.5, 0.6) is 5.75 Å². The Morgan fingerprint density at radius 3 is 2.87 bits per heavy atom. The van der Waals surface area contributed by atoms with E-state index in [0.717, 1.165) is 24.2 Å². The van der Waals surface area contributed by atoms with E-state index in [1.54, 1.807) is 33.5 Å². The summed E-state index contributed by atoms with van der Waals surface area (Å²) in [7, 11) is -0.341. The monoisotopic (exact) mass is 430 g/mol. The van der Waals surface area contributed by atoms with Crippen molar-refractivity contribution >= 4 is 10.0 Å². The molecule has 0 bridgehead atoms. The van der Waals surface area contributed by atoms with Gasteiger partial charge in [0, 0.05) is 26.2 Å². The van der Waals surface area contributed by atoms with Crippen LogP contribution in [0.25, 0.3) is 0 Å². The summed E-state index contributed by atoms with van der Waals surface area (Å²) in [5.74, 6) is 1.92. The van der Waals surface area contributed by atoms with Gasteiger partial charge in [-0.1, -0.05) is 18.6 Å². The largest absolute Gasteiger partial charge is 0.497 e. The van der Waals surface area contributed by atoms with Crippen LogP contribution < -0.4 is 4.74 Å². The van der Waals surface area contributed by atoms with Crippen LogP contribution in [0, 0.1) is 6.92 Å². The fourth-order valence-corrected chi connectivity index (χ4v) is 5.79. The molecule has 0 N–H and O–H groups in total. The van der Waals surface area contributed by atoms with Gasteiger partial charge in [0.15, 0.2) is 0 Å². The highest BCUT2D eigenvalue weighted by Crippen LogP contribution is 2.36. The highest BCUT2D eigenvalue weighted by atomic mass is 32.2. The van der Waals surface area contributed by atoms with Gasteiger partial charge < -0.3 is 9.15 Å². The molecule has 0 amide bonds. The molecule has 1 atom stereocenters. The molecule has 3 aromatic rings. The van der Waals surface area contributed by atoms with Crippen molar-refractivity contribution in [3.8, 4) is 5.75 Å². The molecule has 3 heterocycles. The standard InChI is InChI=1S/C21H26N4O4S/c1-15-20(14-24(2)23-15)30(26,27)25-10-5-4-9-19(25)21-22-13-18(29-21)12-16-7-6-8-17(11-16)28-3/h6-8,11,13-14,19H,4-5,9-10,12H2,1-3H3/t19-/m1/s1. The fraction of sp³-hybridized carbons (Fsp3) is 0.429. The summed E-state index contributed by atoms with van der Waals surface area (Å²) in [5, 5.41) is 4.20. The van der Waals surface area contributed by atoms with Crippen molar-refractivity contribution in [1.82, 2.24) is 19.1 Å². The normalized spacial score (nSPS) is 17.9. The summed E-state index contributed by atoms with van der Waals surface area (Å²) in [6, 6.07) is 7.35. The minimum absolute atomic E-state index is 0.236. The third-order valence-corrected chi connectivity index (χ3v) is 7.39. The number of hydrogen-bond donors (Lipinski definition) is 0. The third-order valence-electron chi connectivity index (χ3n) is 5.38. The average molecular weight is 431 g/mol. The van der Waals surface area contributed by atoms with Gasteiger partial charge in [0.1, 0.15) is 22.4 Å². The number of aryl methyl sites for hydroxylation is 2. The van der Waals surface area contributed by atoms with Crippen molar-refractivity contribution in [3.63, 3.8) is 0 Å². The lowest BCUT2D eigenvalue weighted by Gasteiger charge is -2.32. The molecule has 0 unspecified atom stereocenters. The number of hydrogen-bond acceptors (Lipinski definition) is 6. The molecule has 30 heavy (non-hydrogen) atoms. The molecule has 0 aliphatic carbocycles. The first-order valence-electron chi connectivity index (χ1n) is 9.98. The number of aromatic nitrogens is 3. The molecule has 8 nitrogen and oxygen atoms in total. The Bertz CT molecular complexity index is 1140. The summed E-state index contributed by atoms with van der Waals surface area (Å²) < 4.78 is 41.1. The molecule has 160 valence electrons. The first-order chi connectivity index (χ1) is 14.4. The Hall–Kier alpha value is -2.65. The zero-order valence-corrected chi connectivity index (χ0v) is 18.2. The Labute approximate surface area is 176 Å². The Kier molecular flexibility index (Phi) is 5.66. The number of sulfonamides is 1. The van der Waals surface area contributed by atoms with Gasteiger partial charge in [0.25, 0.3) is 0 Å². The van der Waals surface area contributed by atoms with Gasteiger partial charge in [0.05, 0.1) is 19.0 Å². The topological polar surface area (TPSA) is 90.5 Å². The third kappa shape index (κ3) is 3.99. The Morgan fingerprint density at radius 1 is 1.30 bits per heavy atom. The van der Waals surface area contributed by atoms with Gasteiger partial charge in [-0.2, -0.15) is 9.40 Å². The van der Waals surface area contributed by atoms with E-state index >= 15 is 0 Å². The van der Waals surface area contributed by atoms with E-state index in [9.17, 15) is 8.42 Å². The number of rotatable bonds is 6. The van der Waals surface area contributed by atoms with Crippen molar-refractivity contribution in [2.24, 2.45) is 7.05 Å². The van der Waals surface area contributed by atoms with Crippen molar-refractivity contribution in [3.05, 3.63) is 59.6 Å². The summed E-state index contributed by atoms with van der Waals surface area (Å²) in [6.45, 7) is 2.15. The molecule has 9 heteroatoms. The van der Waals surface area contributed by atoms with Gasteiger partial charge in [0.2, 0.25) is 15.9 Å². The van der Waals surface area contributed by atoms with E-state index in [1.165, 1.54) is 8.99 Å². The van der Waals surface area contributed by atoms with Crippen LogP contribution in [0.3, 0.4) is 0 Å². The number of benzene rings is 1. The smallest absolute Gasteiger partial charge is 0.247 e.